The van der Waals surface area contributed by atoms with Crippen LogP contribution in [0.4, 0.5) is 10.1 Å². The lowest BCUT2D eigenvalue weighted by atomic mass is 9.81. The number of benzene rings is 1. The van der Waals surface area contributed by atoms with Crippen LogP contribution in [0.15, 0.2) is 24.3 Å². The number of nitrogens with zero attached hydrogens (tertiary/aromatic N) is 1. The van der Waals surface area contributed by atoms with E-state index in [4.69, 9.17) is 0 Å². The molecule has 1 aromatic carbocycles. The minimum atomic E-state index is -0.821. The summed E-state index contributed by atoms with van der Waals surface area (Å²) in [6.07, 6.45) is 1.06. The van der Waals surface area contributed by atoms with Gasteiger partial charge >= 0.3 is 5.97 Å². The van der Waals surface area contributed by atoms with Gasteiger partial charge in [-0.15, -0.1) is 0 Å². The molecule has 0 saturated heterocycles. The summed E-state index contributed by atoms with van der Waals surface area (Å²) in [5, 5.41) is 9.46. The first kappa shape index (κ1) is 15.5. The highest BCUT2D eigenvalue weighted by molar-refractivity contribution is 5.75. The van der Waals surface area contributed by atoms with E-state index in [1.54, 1.807) is 23.1 Å². The predicted octanol–water partition coefficient (Wildman–Crippen LogP) is 3.54. The van der Waals surface area contributed by atoms with E-state index in [1.807, 2.05) is 20.8 Å². The molecule has 1 rings (SSSR count). The minimum absolute atomic E-state index is 0.309. The molecule has 0 unspecified atom stereocenters. The maximum Gasteiger partial charge on any atom is 0.311 e. The molecule has 0 aliphatic rings. The zero-order valence-corrected chi connectivity index (χ0v) is 11.8. The van der Waals surface area contributed by atoms with Crippen LogP contribution in [0.5, 0.6) is 0 Å². The van der Waals surface area contributed by atoms with Gasteiger partial charge in [-0.05, 0) is 31.9 Å². The highest BCUT2D eigenvalue weighted by Crippen LogP contribution is 2.31. The Morgan fingerprint density at radius 2 is 1.84 bits per heavy atom. The van der Waals surface area contributed by atoms with E-state index in [0.717, 1.165) is 0 Å². The number of carbonyl (C=O) groups is 1. The first-order chi connectivity index (χ1) is 9.00. The van der Waals surface area contributed by atoms with Crippen molar-refractivity contribution < 1.29 is 14.3 Å². The van der Waals surface area contributed by atoms with Crippen LogP contribution >= 0.6 is 0 Å². The summed E-state index contributed by atoms with van der Waals surface area (Å²) in [4.78, 5) is 13.3. The molecule has 0 fully saturated rings. The van der Waals surface area contributed by atoms with Crippen molar-refractivity contribution in [3.63, 3.8) is 0 Å². The highest BCUT2D eigenvalue weighted by atomic mass is 19.1. The zero-order valence-electron chi connectivity index (χ0n) is 11.8. The van der Waals surface area contributed by atoms with Crippen molar-refractivity contribution in [2.75, 3.05) is 18.0 Å². The summed E-state index contributed by atoms with van der Waals surface area (Å²) in [5.41, 5.74) is -0.351. The van der Waals surface area contributed by atoms with Crippen molar-refractivity contribution in [2.24, 2.45) is 5.41 Å². The Kier molecular flexibility index (Phi) is 5.33. The Hall–Kier alpha value is -1.58. The molecular formula is C15H22FNO2. The van der Waals surface area contributed by atoms with Crippen molar-refractivity contribution in [1.29, 1.82) is 0 Å². The summed E-state index contributed by atoms with van der Waals surface area (Å²) in [6, 6.07) is 6.49. The standard InChI is InChI=1S/C15H22FNO2/c1-4-15(5-2,14(18)19)11-17(6-3)13-10-8-7-9-12(13)16/h7-10H,4-6,11H2,1-3H3,(H,18,19). The quantitative estimate of drug-likeness (QED) is 0.821. The zero-order chi connectivity index (χ0) is 14.5. The lowest BCUT2D eigenvalue weighted by Gasteiger charge is -2.34. The van der Waals surface area contributed by atoms with E-state index < -0.39 is 11.4 Å². The molecular weight excluding hydrogens is 245 g/mol. The third kappa shape index (κ3) is 3.25. The summed E-state index contributed by atoms with van der Waals surface area (Å²) < 4.78 is 13.8. The van der Waals surface area contributed by atoms with Crippen LogP contribution in [0.2, 0.25) is 0 Å². The van der Waals surface area contributed by atoms with Gasteiger partial charge in [0, 0.05) is 13.1 Å². The van der Waals surface area contributed by atoms with Crippen molar-refractivity contribution in [1.82, 2.24) is 0 Å². The number of hydrogen-bond donors (Lipinski definition) is 1. The van der Waals surface area contributed by atoms with Gasteiger partial charge in [-0.25, -0.2) is 4.39 Å². The van der Waals surface area contributed by atoms with E-state index in [-0.39, 0.29) is 5.82 Å². The molecule has 4 heteroatoms. The number of halogens is 1. The van der Waals surface area contributed by atoms with Gasteiger partial charge in [0.1, 0.15) is 5.82 Å². The number of rotatable bonds is 7. The predicted molar refractivity (Wildman–Crippen MR) is 74.9 cm³/mol. The number of para-hydroxylation sites is 1. The number of aliphatic carboxylic acids is 1. The minimum Gasteiger partial charge on any atom is -0.481 e. The monoisotopic (exact) mass is 267 g/mol. The smallest absolute Gasteiger partial charge is 0.311 e. The first-order valence-electron chi connectivity index (χ1n) is 6.73. The fraction of sp³-hybridized carbons (Fsp3) is 0.533. The van der Waals surface area contributed by atoms with Gasteiger partial charge in [-0.1, -0.05) is 26.0 Å². The summed E-state index contributed by atoms with van der Waals surface area (Å²) >= 11 is 0. The Labute approximate surface area is 114 Å². The van der Waals surface area contributed by atoms with Crippen LogP contribution < -0.4 is 4.90 Å². The van der Waals surface area contributed by atoms with Gasteiger partial charge in [0.2, 0.25) is 0 Å². The number of anilines is 1. The maximum atomic E-state index is 13.8. The molecule has 3 nitrogen and oxygen atoms in total. The van der Waals surface area contributed by atoms with Gasteiger partial charge in [-0.3, -0.25) is 4.79 Å². The van der Waals surface area contributed by atoms with E-state index in [0.29, 0.717) is 31.6 Å². The van der Waals surface area contributed by atoms with E-state index >= 15 is 0 Å². The van der Waals surface area contributed by atoms with Gasteiger partial charge in [0.25, 0.3) is 0 Å². The van der Waals surface area contributed by atoms with E-state index in [2.05, 4.69) is 0 Å². The molecule has 1 aromatic rings. The molecule has 0 atom stereocenters. The van der Waals surface area contributed by atoms with Crippen LogP contribution in [0.1, 0.15) is 33.6 Å². The lowest BCUT2D eigenvalue weighted by Crippen LogP contribution is -2.43. The molecule has 0 radical (unpaired) electrons. The summed E-state index contributed by atoms with van der Waals surface area (Å²) in [7, 11) is 0. The van der Waals surface area contributed by atoms with Crippen LogP contribution in [-0.4, -0.2) is 24.2 Å². The average Bonchev–Trinajstić information content (AvgIpc) is 2.41. The third-order valence-corrected chi connectivity index (χ3v) is 3.88. The first-order valence-corrected chi connectivity index (χ1v) is 6.73. The van der Waals surface area contributed by atoms with Crippen LogP contribution in [-0.2, 0) is 4.79 Å². The Morgan fingerprint density at radius 1 is 1.26 bits per heavy atom. The SMILES string of the molecule is CCN(CC(CC)(CC)C(=O)O)c1ccccc1F. The molecule has 0 bridgehead atoms. The molecule has 0 aromatic heterocycles. The van der Waals surface area contributed by atoms with E-state index in [1.165, 1.54) is 6.07 Å². The second-order valence-electron chi connectivity index (χ2n) is 4.76. The van der Waals surface area contributed by atoms with Crippen LogP contribution in [0.3, 0.4) is 0 Å². The molecule has 0 amide bonds. The summed E-state index contributed by atoms with van der Waals surface area (Å²) in [5.74, 6) is -1.12. The van der Waals surface area contributed by atoms with Gasteiger partial charge < -0.3 is 10.0 Å². The lowest BCUT2D eigenvalue weighted by molar-refractivity contribution is -0.148. The van der Waals surface area contributed by atoms with Crippen LogP contribution in [0, 0.1) is 11.2 Å². The Balaban J connectivity index is 3.05. The molecule has 106 valence electrons. The van der Waals surface area contributed by atoms with Gasteiger partial charge in [0.05, 0.1) is 11.1 Å². The fourth-order valence-electron chi connectivity index (χ4n) is 2.28. The number of carboxylic acids is 1. The molecule has 0 spiro atoms. The molecule has 0 aliphatic heterocycles. The van der Waals surface area contributed by atoms with Crippen molar-refractivity contribution >= 4 is 11.7 Å². The third-order valence-electron chi connectivity index (χ3n) is 3.88. The molecule has 0 heterocycles. The maximum absolute atomic E-state index is 13.8. The number of carboxylic acid groups (broad SMARTS) is 1. The highest BCUT2D eigenvalue weighted by Gasteiger charge is 2.36. The van der Waals surface area contributed by atoms with E-state index in [9.17, 15) is 14.3 Å². The number of hydrogen-bond acceptors (Lipinski definition) is 2. The largest absolute Gasteiger partial charge is 0.481 e. The average molecular weight is 267 g/mol. The molecule has 0 saturated carbocycles. The normalized spacial score (nSPS) is 11.4. The Bertz CT molecular complexity index is 430. The van der Waals surface area contributed by atoms with Crippen LogP contribution in [0.25, 0.3) is 0 Å². The van der Waals surface area contributed by atoms with Gasteiger partial charge in [-0.2, -0.15) is 0 Å². The second-order valence-corrected chi connectivity index (χ2v) is 4.76. The second kappa shape index (κ2) is 6.55. The molecule has 19 heavy (non-hydrogen) atoms. The van der Waals surface area contributed by atoms with Gasteiger partial charge in [0.15, 0.2) is 0 Å². The van der Waals surface area contributed by atoms with Crippen molar-refractivity contribution in [3.8, 4) is 0 Å². The Morgan fingerprint density at radius 3 is 2.26 bits per heavy atom. The molecule has 1 N–H and O–H groups in total. The summed E-state index contributed by atoms with van der Waals surface area (Å²) in [6.45, 7) is 6.55. The topological polar surface area (TPSA) is 40.5 Å². The molecule has 0 aliphatic carbocycles. The van der Waals surface area contributed by atoms with Crippen molar-refractivity contribution in [3.05, 3.63) is 30.1 Å². The fourth-order valence-corrected chi connectivity index (χ4v) is 2.28. The van der Waals surface area contributed by atoms with Crippen molar-refractivity contribution in [2.45, 2.75) is 33.6 Å².